The minimum atomic E-state index is -4.41. The first-order valence-corrected chi connectivity index (χ1v) is 10.7. The maximum Gasteiger partial charge on any atom is 0.416 e. The van der Waals surface area contributed by atoms with Crippen molar-refractivity contribution in [2.24, 2.45) is 11.8 Å². The molecule has 0 radical (unpaired) electrons. The number of benzene rings is 2. The molecule has 2 aromatic rings. The highest BCUT2D eigenvalue weighted by molar-refractivity contribution is 6.01. The Hall–Kier alpha value is -2.83. The van der Waals surface area contributed by atoms with Crippen molar-refractivity contribution in [3.8, 4) is 11.1 Å². The Morgan fingerprint density at radius 1 is 1.00 bits per heavy atom. The summed E-state index contributed by atoms with van der Waals surface area (Å²) in [6, 6.07) is 11.7. The van der Waals surface area contributed by atoms with Crippen molar-refractivity contribution < 1.29 is 22.8 Å². The van der Waals surface area contributed by atoms with Crippen molar-refractivity contribution in [2.75, 3.05) is 19.6 Å². The summed E-state index contributed by atoms with van der Waals surface area (Å²) in [7, 11) is 0. The molecule has 0 bridgehead atoms. The molecule has 7 heteroatoms. The number of alkyl halides is 3. The van der Waals surface area contributed by atoms with Crippen LogP contribution in [0, 0.1) is 11.8 Å². The zero-order valence-corrected chi connectivity index (χ0v) is 17.1. The number of nitrogens with zero attached hydrogens (tertiary/aromatic N) is 1. The van der Waals surface area contributed by atoms with E-state index in [2.05, 4.69) is 5.32 Å². The number of hydrogen-bond acceptors (Lipinski definition) is 2. The second-order valence-electron chi connectivity index (χ2n) is 8.40. The van der Waals surface area contributed by atoms with E-state index >= 15 is 0 Å². The van der Waals surface area contributed by atoms with Crippen LogP contribution in [0.2, 0.25) is 0 Å². The molecule has 2 aromatic carbocycles. The lowest BCUT2D eigenvalue weighted by molar-refractivity contribution is -0.137. The molecule has 2 aliphatic rings. The Morgan fingerprint density at radius 2 is 1.71 bits per heavy atom. The SMILES string of the molecule is O=C(NCC1CC1)C1CCCN(C(=O)c2ccccc2-c2ccc(C(F)(F)F)cc2)C1. The maximum atomic E-state index is 13.3. The van der Waals surface area contributed by atoms with E-state index in [1.165, 1.54) is 12.1 Å². The van der Waals surface area contributed by atoms with Crippen molar-refractivity contribution in [3.05, 3.63) is 59.7 Å². The molecule has 1 saturated heterocycles. The van der Waals surface area contributed by atoms with E-state index in [0.717, 1.165) is 37.8 Å². The molecule has 1 N–H and O–H groups in total. The number of rotatable bonds is 5. The molecule has 1 saturated carbocycles. The third-order valence-corrected chi connectivity index (χ3v) is 6.02. The van der Waals surface area contributed by atoms with Gasteiger partial charge in [-0.2, -0.15) is 13.2 Å². The quantitative estimate of drug-likeness (QED) is 0.744. The van der Waals surface area contributed by atoms with Crippen LogP contribution in [0.25, 0.3) is 11.1 Å². The number of carbonyl (C=O) groups excluding carboxylic acids is 2. The zero-order valence-electron chi connectivity index (χ0n) is 17.1. The number of piperidine rings is 1. The number of carbonyl (C=O) groups is 2. The third kappa shape index (κ3) is 5.09. The summed E-state index contributed by atoms with van der Waals surface area (Å²) in [6.07, 6.45) is -0.583. The van der Waals surface area contributed by atoms with Crippen LogP contribution in [0.3, 0.4) is 0 Å². The van der Waals surface area contributed by atoms with E-state index in [-0.39, 0.29) is 17.7 Å². The monoisotopic (exact) mass is 430 g/mol. The molecule has 1 heterocycles. The smallest absolute Gasteiger partial charge is 0.356 e. The van der Waals surface area contributed by atoms with Crippen LogP contribution in [-0.2, 0) is 11.0 Å². The minimum absolute atomic E-state index is 0.000393. The summed E-state index contributed by atoms with van der Waals surface area (Å²) >= 11 is 0. The van der Waals surface area contributed by atoms with Gasteiger partial charge in [-0.3, -0.25) is 9.59 Å². The Morgan fingerprint density at radius 3 is 2.39 bits per heavy atom. The molecule has 2 amide bonds. The number of halogens is 3. The molecular weight excluding hydrogens is 405 g/mol. The predicted molar refractivity (Wildman–Crippen MR) is 111 cm³/mol. The second-order valence-corrected chi connectivity index (χ2v) is 8.40. The highest BCUT2D eigenvalue weighted by Gasteiger charge is 2.32. The number of likely N-dealkylation sites (tertiary alicyclic amines) is 1. The van der Waals surface area contributed by atoms with Crippen LogP contribution in [-0.4, -0.2) is 36.3 Å². The largest absolute Gasteiger partial charge is 0.416 e. The van der Waals surface area contributed by atoms with Gasteiger partial charge >= 0.3 is 6.18 Å². The van der Waals surface area contributed by atoms with E-state index in [1.54, 1.807) is 29.2 Å². The second kappa shape index (κ2) is 8.73. The summed E-state index contributed by atoms with van der Waals surface area (Å²) < 4.78 is 38.6. The Balaban J connectivity index is 1.50. The van der Waals surface area contributed by atoms with Crippen molar-refractivity contribution in [1.29, 1.82) is 0 Å². The first kappa shape index (κ1) is 21.4. The maximum absolute atomic E-state index is 13.3. The number of nitrogens with one attached hydrogen (secondary N) is 1. The zero-order chi connectivity index (χ0) is 22.0. The van der Waals surface area contributed by atoms with E-state index in [1.807, 2.05) is 0 Å². The Labute approximate surface area is 179 Å². The van der Waals surface area contributed by atoms with Gasteiger partial charge in [0.05, 0.1) is 11.5 Å². The van der Waals surface area contributed by atoms with Crippen molar-refractivity contribution in [2.45, 2.75) is 31.9 Å². The summed E-state index contributed by atoms with van der Waals surface area (Å²) in [5, 5.41) is 3.00. The molecular formula is C24H25F3N2O2. The lowest BCUT2D eigenvalue weighted by Crippen LogP contribution is -2.45. The van der Waals surface area contributed by atoms with Crippen LogP contribution in [0.4, 0.5) is 13.2 Å². The molecule has 0 spiro atoms. The summed E-state index contributed by atoms with van der Waals surface area (Å²) in [5.41, 5.74) is 0.839. The van der Waals surface area contributed by atoms with Gasteiger partial charge in [0.2, 0.25) is 5.91 Å². The molecule has 1 aliphatic heterocycles. The normalized spacial score (nSPS) is 19.2. The van der Waals surface area contributed by atoms with Crippen LogP contribution in [0.15, 0.2) is 48.5 Å². The van der Waals surface area contributed by atoms with E-state index < -0.39 is 11.7 Å². The highest BCUT2D eigenvalue weighted by atomic mass is 19.4. The predicted octanol–water partition coefficient (Wildman–Crippen LogP) is 4.75. The van der Waals surface area contributed by atoms with Gasteiger partial charge in [0.1, 0.15) is 0 Å². The number of amides is 2. The molecule has 164 valence electrons. The molecule has 31 heavy (non-hydrogen) atoms. The molecule has 4 nitrogen and oxygen atoms in total. The van der Waals surface area contributed by atoms with Crippen molar-refractivity contribution >= 4 is 11.8 Å². The van der Waals surface area contributed by atoms with Gasteiger partial charge in [-0.1, -0.05) is 30.3 Å². The number of hydrogen-bond donors (Lipinski definition) is 1. The Kier molecular flexibility index (Phi) is 6.03. The molecule has 4 rings (SSSR count). The average Bonchev–Trinajstić information content (AvgIpc) is 3.61. The first-order chi connectivity index (χ1) is 14.8. The standard InChI is InChI=1S/C24H25F3N2O2/c25-24(26,27)19-11-9-17(10-12-19)20-5-1-2-6-21(20)23(31)29-13-3-4-18(15-29)22(30)28-14-16-7-8-16/h1-2,5-6,9-12,16,18H,3-4,7-8,13-15H2,(H,28,30). The Bertz CT molecular complexity index is 952. The summed E-state index contributed by atoms with van der Waals surface area (Å²) in [6.45, 7) is 1.63. The van der Waals surface area contributed by atoms with Crippen molar-refractivity contribution in [1.82, 2.24) is 10.2 Å². The van der Waals surface area contributed by atoms with Gasteiger partial charge < -0.3 is 10.2 Å². The summed E-state index contributed by atoms with van der Waals surface area (Å²) in [5.74, 6) is 0.172. The molecule has 1 unspecified atom stereocenters. The molecule has 1 atom stereocenters. The molecule has 1 aliphatic carbocycles. The lowest BCUT2D eigenvalue weighted by atomic mass is 9.94. The fourth-order valence-corrected chi connectivity index (χ4v) is 4.02. The highest BCUT2D eigenvalue weighted by Crippen LogP contribution is 2.32. The lowest BCUT2D eigenvalue weighted by Gasteiger charge is -2.32. The third-order valence-electron chi connectivity index (χ3n) is 6.02. The van der Waals surface area contributed by atoms with E-state index in [9.17, 15) is 22.8 Å². The van der Waals surface area contributed by atoms with Crippen LogP contribution in [0.1, 0.15) is 41.6 Å². The fraction of sp³-hybridized carbons (Fsp3) is 0.417. The topological polar surface area (TPSA) is 49.4 Å². The minimum Gasteiger partial charge on any atom is -0.356 e. The van der Waals surface area contributed by atoms with Gasteiger partial charge in [-0.25, -0.2) is 0 Å². The average molecular weight is 430 g/mol. The van der Waals surface area contributed by atoms with Crippen LogP contribution in [0.5, 0.6) is 0 Å². The van der Waals surface area contributed by atoms with Gasteiger partial charge in [0.25, 0.3) is 5.91 Å². The molecule has 2 fully saturated rings. The summed E-state index contributed by atoms with van der Waals surface area (Å²) in [4.78, 5) is 27.5. The molecule has 0 aromatic heterocycles. The van der Waals surface area contributed by atoms with Crippen molar-refractivity contribution in [3.63, 3.8) is 0 Å². The van der Waals surface area contributed by atoms with Gasteiger partial charge in [0, 0.05) is 25.2 Å². The van der Waals surface area contributed by atoms with Crippen LogP contribution >= 0.6 is 0 Å². The van der Waals surface area contributed by atoms with Gasteiger partial charge in [0.15, 0.2) is 0 Å². The van der Waals surface area contributed by atoms with Gasteiger partial charge in [-0.15, -0.1) is 0 Å². The van der Waals surface area contributed by atoms with Gasteiger partial charge in [-0.05, 0) is 60.9 Å². The fourth-order valence-electron chi connectivity index (χ4n) is 4.02. The van der Waals surface area contributed by atoms with Crippen LogP contribution < -0.4 is 5.32 Å². The van der Waals surface area contributed by atoms with E-state index in [0.29, 0.717) is 42.2 Å². The van der Waals surface area contributed by atoms with E-state index in [4.69, 9.17) is 0 Å². The first-order valence-electron chi connectivity index (χ1n) is 10.7.